The van der Waals surface area contributed by atoms with E-state index in [2.05, 4.69) is 23.6 Å². The quantitative estimate of drug-likeness (QED) is 0.838. The number of amides is 1. The summed E-state index contributed by atoms with van der Waals surface area (Å²) in [6.45, 7) is 5.91. The standard InChI is InChI=1S/C14H20N2O/c1-3-11-6-4-5-10(2)13(11)16-14(17)12-7-8-15-9-12/h4-6,12,15H,3,7-9H2,1-2H3,(H,16,17). The SMILES string of the molecule is CCc1cccc(C)c1NC(=O)C1CCNC1. The van der Waals surface area contributed by atoms with Gasteiger partial charge in [-0.2, -0.15) is 0 Å². The minimum atomic E-state index is 0.124. The van der Waals surface area contributed by atoms with E-state index in [1.807, 2.05) is 19.1 Å². The van der Waals surface area contributed by atoms with E-state index in [-0.39, 0.29) is 11.8 Å². The van der Waals surface area contributed by atoms with E-state index in [9.17, 15) is 4.79 Å². The molecule has 17 heavy (non-hydrogen) atoms. The van der Waals surface area contributed by atoms with Crippen molar-refractivity contribution in [1.29, 1.82) is 0 Å². The number of nitrogens with one attached hydrogen (secondary N) is 2. The van der Waals surface area contributed by atoms with Crippen LogP contribution >= 0.6 is 0 Å². The van der Waals surface area contributed by atoms with Crippen molar-refractivity contribution in [3.05, 3.63) is 29.3 Å². The minimum Gasteiger partial charge on any atom is -0.325 e. The van der Waals surface area contributed by atoms with Crippen molar-refractivity contribution in [2.24, 2.45) is 5.92 Å². The fourth-order valence-corrected chi connectivity index (χ4v) is 2.31. The number of carbonyl (C=O) groups is 1. The van der Waals surface area contributed by atoms with Crippen molar-refractivity contribution in [2.75, 3.05) is 18.4 Å². The van der Waals surface area contributed by atoms with Crippen molar-refractivity contribution >= 4 is 11.6 Å². The molecule has 1 heterocycles. The van der Waals surface area contributed by atoms with Crippen LogP contribution in [0.15, 0.2) is 18.2 Å². The van der Waals surface area contributed by atoms with Gasteiger partial charge in [0.05, 0.1) is 5.92 Å². The second-order valence-electron chi connectivity index (χ2n) is 4.64. The van der Waals surface area contributed by atoms with Crippen LogP contribution in [-0.4, -0.2) is 19.0 Å². The molecule has 1 unspecified atom stereocenters. The lowest BCUT2D eigenvalue weighted by atomic mass is 10.0. The summed E-state index contributed by atoms with van der Waals surface area (Å²) in [7, 11) is 0. The number of benzene rings is 1. The van der Waals surface area contributed by atoms with Gasteiger partial charge in [-0.25, -0.2) is 0 Å². The highest BCUT2D eigenvalue weighted by atomic mass is 16.1. The number of hydrogen-bond donors (Lipinski definition) is 2. The molecule has 1 amide bonds. The van der Waals surface area contributed by atoms with Gasteiger partial charge in [-0.05, 0) is 37.4 Å². The van der Waals surface area contributed by atoms with Crippen LogP contribution in [0.5, 0.6) is 0 Å². The van der Waals surface area contributed by atoms with Crippen molar-refractivity contribution in [1.82, 2.24) is 5.32 Å². The highest BCUT2D eigenvalue weighted by Crippen LogP contribution is 2.22. The molecule has 1 aromatic carbocycles. The molecule has 1 saturated heterocycles. The molecule has 0 aromatic heterocycles. The van der Waals surface area contributed by atoms with Gasteiger partial charge < -0.3 is 10.6 Å². The van der Waals surface area contributed by atoms with Crippen molar-refractivity contribution < 1.29 is 4.79 Å². The Morgan fingerprint density at radius 1 is 1.53 bits per heavy atom. The zero-order chi connectivity index (χ0) is 12.3. The van der Waals surface area contributed by atoms with Gasteiger partial charge in [0.15, 0.2) is 0 Å². The summed E-state index contributed by atoms with van der Waals surface area (Å²) in [5.41, 5.74) is 3.36. The van der Waals surface area contributed by atoms with Crippen LogP contribution in [0.3, 0.4) is 0 Å². The average Bonchev–Trinajstić information content (AvgIpc) is 2.85. The third kappa shape index (κ3) is 2.67. The number of carbonyl (C=O) groups excluding carboxylic acids is 1. The molecule has 0 radical (unpaired) electrons. The molecule has 1 fully saturated rings. The zero-order valence-electron chi connectivity index (χ0n) is 10.5. The lowest BCUT2D eigenvalue weighted by molar-refractivity contribution is -0.119. The Hall–Kier alpha value is -1.35. The second-order valence-corrected chi connectivity index (χ2v) is 4.64. The molecule has 0 spiro atoms. The van der Waals surface area contributed by atoms with E-state index in [1.165, 1.54) is 5.56 Å². The first kappa shape index (κ1) is 12.1. The van der Waals surface area contributed by atoms with E-state index in [4.69, 9.17) is 0 Å². The van der Waals surface area contributed by atoms with Gasteiger partial charge >= 0.3 is 0 Å². The molecule has 1 atom stereocenters. The maximum atomic E-state index is 12.1. The molecule has 2 N–H and O–H groups in total. The maximum absolute atomic E-state index is 12.1. The molecule has 92 valence electrons. The first-order chi connectivity index (χ1) is 8.22. The van der Waals surface area contributed by atoms with Crippen LogP contribution in [0.1, 0.15) is 24.5 Å². The fraction of sp³-hybridized carbons (Fsp3) is 0.500. The number of aryl methyl sites for hydroxylation is 2. The molecule has 3 heteroatoms. The second kappa shape index (κ2) is 5.32. The molecule has 2 rings (SSSR count). The predicted molar refractivity (Wildman–Crippen MR) is 70.2 cm³/mol. The molecular weight excluding hydrogens is 212 g/mol. The number of para-hydroxylation sites is 1. The predicted octanol–water partition coefficient (Wildman–Crippen LogP) is 2.11. The first-order valence-corrected chi connectivity index (χ1v) is 6.32. The monoisotopic (exact) mass is 232 g/mol. The van der Waals surface area contributed by atoms with Crippen LogP contribution < -0.4 is 10.6 Å². The Balaban J connectivity index is 2.14. The van der Waals surface area contributed by atoms with Crippen LogP contribution in [-0.2, 0) is 11.2 Å². The Bertz CT molecular complexity index is 409. The number of hydrogen-bond acceptors (Lipinski definition) is 2. The van der Waals surface area contributed by atoms with Gasteiger partial charge in [0, 0.05) is 12.2 Å². The van der Waals surface area contributed by atoms with Gasteiger partial charge in [0.2, 0.25) is 5.91 Å². The third-order valence-electron chi connectivity index (χ3n) is 3.42. The van der Waals surface area contributed by atoms with E-state index in [0.717, 1.165) is 37.2 Å². The minimum absolute atomic E-state index is 0.124. The summed E-state index contributed by atoms with van der Waals surface area (Å²) >= 11 is 0. The summed E-state index contributed by atoms with van der Waals surface area (Å²) in [4.78, 5) is 12.1. The first-order valence-electron chi connectivity index (χ1n) is 6.32. The van der Waals surface area contributed by atoms with Gasteiger partial charge in [-0.1, -0.05) is 25.1 Å². The van der Waals surface area contributed by atoms with Crippen LogP contribution in [0.4, 0.5) is 5.69 Å². The molecule has 0 bridgehead atoms. The highest BCUT2D eigenvalue weighted by molar-refractivity contribution is 5.94. The Labute approximate surface area is 103 Å². The lowest BCUT2D eigenvalue weighted by Gasteiger charge is -2.15. The third-order valence-corrected chi connectivity index (χ3v) is 3.42. The van der Waals surface area contributed by atoms with Crippen molar-refractivity contribution in [3.8, 4) is 0 Å². The smallest absolute Gasteiger partial charge is 0.228 e. The molecular formula is C14H20N2O. The number of rotatable bonds is 3. The molecule has 0 aliphatic carbocycles. The molecule has 1 aromatic rings. The van der Waals surface area contributed by atoms with Gasteiger partial charge in [-0.15, -0.1) is 0 Å². The van der Waals surface area contributed by atoms with E-state index in [0.29, 0.717) is 0 Å². The normalized spacial score (nSPS) is 19.3. The van der Waals surface area contributed by atoms with Crippen LogP contribution in [0.25, 0.3) is 0 Å². The summed E-state index contributed by atoms with van der Waals surface area (Å²) in [6.07, 6.45) is 1.89. The zero-order valence-corrected chi connectivity index (χ0v) is 10.5. The topological polar surface area (TPSA) is 41.1 Å². The molecule has 1 aliphatic heterocycles. The van der Waals surface area contributed by atoms with Crippen LogP contribution in [0, 0.1) is 12.8 Å². The van der Waals surface area contributed by atoms with Gasteiger partial charge in [0.1, 0.15) is 0 Å². The molecule has 1 aliphatic rings. The summed E-state index contributed by atoms with van der Waals surface area (Å²) in [5, 5.41) is 6.31. The Morgan fingerprint density at radius 2 is 2.35 bits per heavy atom. The summed E-state index contributed by atoms with van der Waals surface area (Å²) in [5.74, 6) is 0.276. The maximum Gasteiger partial charge on any atom is 0.228 e. The Kier molecular flexibility index (Phi) is 3.79. The molecule has 0 saturated carbocycles. The summed E-state index contributed by atoms with van der Waals surface area (Å²) < 4.78 is 0. The highest BCUT2D eigenvalue weighted by Gasteiger charge is 2.23. The average molecular weight is 232 g/mol. The van der Waals surface area contributed by atoms with E-state index < -0.39 is 0 Å². The van der Waals surface area contributed by atoms with Crippen LogP contribution in [0.2, 0.25) is 0 Å². The largest absolute Gasteiger partial charge is 0.325 e. The summed E-state index contributed by atoms with van der Waals surface area (Å²) in [6, 6.07) is 6.16. The van der Waals surface area contributed by atoms with Gasteiger partial charge in [-0.3, -0.25) is 4.79 Å². The van der Waals surface area contributed by atoms with E-state index >= 15 is 0 Å². The Morgan fingerprint density at radius 3 is 3.00 bits per heavy atom. The van der Waals surface area contributed by atoms with Crippen molar-refractivity contribution in [3.63, 3.8) is 0 Å². The van der Waals surface area contributed by atoms with Gasteiger partial charge in [0.25, 0.3) is 0 Å². The van der Waals surface area contributed by atoms with E-state index in [1.54, 1.807) is 0 Å². The molecule has 3 nitrogen and oxygen atoms in total. The number of anilines is 1. The fourth-order valence-electron chi connectivity index (χ4n) is 2.31. The van der Waals surface area contributed by atoms with Crippen molar-refractivity contribution in [2.45, 2.75) is 26.7 Å². The lowest BCUT2D eigenvalue weighted by Crippen LogP contribution is -2.25.